The van der Waals surface area contributed by atoms with Gasteiger partial charge in [0.2, 0.25) is 5.88 Å². The lowest BCUT2D eigenvalue weighted by Gasteiger charge is -2.39. The van der Waals surface area contributed by atoms with Gasteiger partial charge in [-0.3, -0.25) is 9.69 Å². The average Bonchev–Trinajstić information content (AvgIpc) is 3.92. The summed E-state index contributed by atoms with van der Waals surface area (Å²) in [5, 5.41) is 22.9. The van der Waals surface area contributed by atoms with E-state index >= 15 is 0 Å². The van der Waals surface area contributed by atoms with Gasteiger partial charge in [0.05, 0.1) is 23.6 Å². The van der Waals surface area contributed by atoms with Crippen LogP contribution >= 0.6 is 11.3 Å². The lowest BCUT2D eigenvalue weighted by Crippen LogP contribution is -2.38. The van der Waals surface area contributed by atoms with Crippen LogP contribution in [0.5, 0.6) is 5.88 Å². The third kappa shape index (κ3) is 5.24. The van der Waals surface area contributed by atoms with Gasteiger partial charge in [0.25, 0.3) is 5.91 Å². The van der Waals surface area contributed by atoms with Gasteiger partial charge in [-0.05, 0) is 89.9 Å². The lowest BCUT2D eigenvalue weighted by molar-refractivity contribution is 0.0924. The minimum Gasteiger partial charge on any atom is -0.473 e. The molecule has 2 fully saturated rings. The van der Waals surface area contributed by atoms with Crippen LogP contribution < -0.4 is 15.8 Å². The summed E-state index contributed by atoms with van der Waals surface area (Å²) in [7, 11) is 2.12. The fourth-order valence-electron chi connectivity index (χ4n) is 8.19. The second kappa shape index (κ2) is 12.3. The van der Waals surface area contributed by atoms with E-state index in [1.54, 1.807) is 23.0 Å². The first kappa shape index (κ1) is 31.0. The third-order valence-corrected chi connectivity index (χ3v) is 11.6. The van der Waals surface area contributed by atoms with Crippen LogP contribution in [-0.2, 0) is 23.0 Å². The number of nitriles is 1. The summed E-state index contributed by atoms with van der Waals surface area (Å²) < 4.78 is 19.7. The second-order valence-corrected chi connectivity index (χ2v) is 14.6. The Labute approximate surface area is 282 Å². The predicted octanol–water partition coefficient (Wildman–Crippen LogP) is 4.17. The number of carbonyl (C=O) groups is 1. The number of aromatic nitrogens is 5. The van der Waals surface area contributed by atoms with Crippen LogP contribution in [0.15, 0.2) is 22.9 Å². The Morgan fingerprint density at radius 1 is 1.25 bits per heavy atom. The van der Waals surface area contributed by atoms with Gasteiger partial charge in [0.1, 0.15) is 17.2 Å². The molecule has 8 rings (SSSR count). The van der Waals surface area contributed by atoms with Crippen molar-refractivity contribution in [2.45, 2.75) is 88.3 Å². The molecular formula is C34H39N9O4S. The van der Waals surface area contributed by atoms with Crippen molar-refractivity contribution in [1.29, 1.82) is 5.26 Å². The number of nitrogens with two attached hydrogens (primary N) is 1. The van der Waals surface area contributed by atoms with Crippen molar-refractivity contribution in [1.82, 2.24) is 35.1 Å². The van der Waals surface area contributed by atoms with Gasteiger partial charge < -0.3 is 25.0 Å². The molecule has 48 heavy (non-hydrogen) atoms. The smallest absolute Gasteiger partial charge is 0.272 e. The van der Waals surface area contributed by atoms with Crippen LogP contribution in [0.25, 0.3) is 17.3 Å². The molecule has 3 N–H and O–H groups in total. The van der Waals surface area contributed by atoms with Gasteiger partial charge >= 0.3 is 0 Å². The summed E-state index contributed by atoms with van der Waals surface area (Å²) in [6.45, 7) is 4.23. The van der Waals surface area contributed by atoms with Crippen molar-refractivity contribution in [2.75, 3.05) is 32.5 Å². The molecule has 4 aliphatic rings. The number of thiophene rings is 1. The Kier molecular flexibility index (Phi) is 7.93. The number of amides is 1. The Morgan fingerprint density at radius 3 is 2.88 bits per heavy atom. The summed E-state index contributed by atoms with van der Waals surface area (Å²) in [6.07, 6.45) is 9.79. The van der Waals surface area contributed by atoms with Crippen molar-refractivity contribution in [3.63, 3.8) is 0 Å². The highest BCUT2D eigenvalue weighted by atomic mass is 32.1. The number of hydrogen-bond acceptors (Lipinski definition) is 12. The summed E-state index contributed by atoms with van der Waals surface area (Å²) in [4.78, 5) is 26.3. The molecule has 14 heteroatoms. The highest BCUT2D eigenvalue weighted by molar-refractivity contribution is 7.16. The van der Waals surface area contributed by atoms with E-state index in [9.17, 15) is 10.1 Å². The van der Waals surface area contributed by atoms with Crippen molar-refractivity contribution >= 4 is 22.2 Å². The molecule has 250 valence electrons. The van der Waals surface area contributed by atoms with Gasteiger partial charge in [-0.1, -0.05) is 5.16 Å². The molecular weight excluding hydrogens is 630 g/mol. The molecule has 0 bridgehead atoms. The van der Waals surface area contributed by atoms with Crippen molar-refractivity contribution < 1.29 is 18.8 Å². The molecule has 0 radical (unpaired) electrons. The van der Waals surface area contributed by atoms with Crippen LogP contribution in [0.2, 0.25) is 0 Å². The van der Waals surface area contributed by atoms with E-state index in [2.05, 4.69) is 40.5 Å². The minimum absolute atomic E-state index is 0.0276. The largest absolute Gasteiger partial charge is 0.473 e. The number of likely N-dealkylation sites (N-methyl/N-ethyl adjacent to an activating group) is 1. The normalized spacial score (nSPS) is 24.3. The number of nitrogen functional groups attached to an aromatic ring is 1. The van der Waals surface area contributed by atoms with Crippen LogP contribution in [0, 0.1) is 11.3 Å². The maximum atomic E-state index is 13.0. The van der Waals surface area contributed by atoms with Gasteiger partial charge in [-0.15, -0.1) is 11.3 Å². The van der Waals surface area contributed by atoms with Gasteiger partial charge in [0.15, 0.2) is 28.8 Å². The van der Waals surface area contributed by atoms with E-state index in [0.717, 1.165) is 81.2 Å². The Bertz CT molecular complexity index is 1900. The molecule has 1 amide bonds. The van der Waals surface area contributed by atoms with Crippen LogP contribution in [0.4, 0.5) is 5.00 Å². The second-order valence-electron chi connectivity index (χ2n) is 13.5. The molecule has 0 saturated carbocycles. The summed E-state index contributed by atoms with van der Waals surface area (Å²) >= 11 is 1.52. The standard InChI is InChI=1S/C34H39N9O4S/c1-19(24-7-5-13-42(24)2)46-27-16-26(43-14-9-23(40-43)33(44)37-20-10-15-45-18-20)38-32(39-27)29-21-6-3-11-34(30(21)47-41-29)12-4-8-25-28(34)22(17-35)31(36)48-25/h9,14,16,19-20,24H,3-8,10-13,15,18,36H2,1-2H3,(H,37,44)/t19-,20+,24-,34-/m0/s1. The van der Waals surface area contributed by atoms with E-state index < -0.39 is 5.41 Å². The third-order valence-electron chi connectivity index (χ3n) is 10.5. The van der Waals surface area contributed by atoms with E-state index in [-0.39, 0.29) is 29.8 Å². The highest BCUT2D eigenvalue weighted by Crippen LogP contribution is 2.55. The molecule has 0 aromatic carbocycles. The quantitative estimate of drug-likeness (QED) is 0.290. The molecule has 4 atom stereocenters. The first-order valence-corrected chi connectivity index (χ1v) is 17.7. The Hall–Kier alpha value is -4.32. The van der Waals surface area contributed by atoms with Crippen molar-refractivity contribution in [3.8, 4) is 29.3 Å². The number of ether oxygens (including phenoxy) is 2. The molecule has 2 aliphatic carbocycles. The highest BCUT2D eigenvalue weighted by Gasteiger charge is 2.49. The van der Waals surface area contributed by atoms with E-state index in [1.165, 1.54) is 16.2 Å². The first-order valence-electron chi connectivity index (χ1n) is 16.9. The number of likely N-dealkylation sites (tertiary alicyclic amines) is 1. The molecule has 13 nitrogen and oxygen atoms in total. The van der Waals surface area contributed by atoms with Crippen LogP contribution in [0.1, 0.15) is 89.7 Å². The monoisotopic (exact) mass is 669 g/mol. The van der Waals surface area contributed by atoms with Gasteiger partial charge in [-0.2, -0.15) is 15.3 Å². The molecule has 2 aliphatic heterocycles. The number of hydrogen-bond donors (Lipinski definition) is 2. The fraction of sp³-hybridized carbons (Fsp3) is 0.529. The zero-order valence-corrected chi connectivity index (χ0v) is 28.0. The average molecular weight is 670 g/mol. The zero-order valence-electron chi connectivity index (χ0n) is 27.2. The summed E-state index contributed by atoms with van der Waals surface area (Å²) in [5.41, 5.74) is 9.27. The number of nitrogens with one attached hydrogen (secondary N) is 1. The first-order chi connectivity index (χ1) is 23.3. The van der Waals surface area contributed by atoms with Crippen molar-refractivity contribution in [3.05, 3.63) is 51.4 Å². The molecule has 0 unspecified atom stereocenters. The number of fused-ring (bicyclic) bond motifs is 4. The topological polar surface area (TPSA) is 170 Å². The maximum absolute atomic E-state index is 13.0. The Balaban J connectivity index is 1.19. The molecule has 6 heterocycles. The summed E-state index contributed by atoms with van der Waals surface area (Å²) in [6, 6.07) is 6.05. The van der Waals surface area contributed by atoms with Gasteiger partial charge in [-0.25, -0.2) is 9.67 Å². The van der Waals surface area contributed by atoms with Crippen LogP contribution in [0.3, 0.4) is 0 Å². The molecule has 4 aromatic rings. The number of anilines is 1. The van der Waals surface area contributed by atoms with Gasteiger partial charge in [0, 0.05) is 35.4 Å². The molecule has 1 spiro atoms. The van der Waals surface area contributed by atoms with Crippen molar-refractivity contribution in [2.24, 2.45) is 0 Å². The number of carbonyl (C=O) groups excluding carboxylic acids is 1. The maximum Gasteiger partial charge on any atom is 0.272 e. The fourth-order valence-corrected chi connectivity index (χ4v) is 9.35. The molecule has 2 saturated heterocycles. The number of rotatable bonds is 7. The summed E-state index contributed by atoms with van der Waals surface area (Å²) in [5.74, 6) is 1.73. The molecule has 4 aromatic heterocycles. The van der Waals surface area contributed by atoms with E-state index in [1.807, 2.05) is 0 Å². The zero-order chi connectivity index (χ0) is 33.0. The SMILES string of the molecule is C[C@H](Oc1cc(-n2ccc(C(=O)N[C@@H]3CCOC3)n2)nc(-c2noc3c2CCC[C@@]32CCCc3sc(N)c(C#N)c32)n1)[C@@H]1CCCN1C. The number of aryl methyl sites for hydroxylation is 1. The number of nitrogens with zero attached hydrogens (tertiary/aromatic N) is 7. The van der Waals surface area contributed by atoms with Crippen LogP contribution in [-0.4, -0.2) is 80.7 Å². The Morgan fingerprint density at radius 2 is 2.10 bits per heavy atom. The van der Waals surface area contributed by atoms with E-state index in [0.29, 0.717) is 47.0 Å². The lowest BCUT2D eigenvalue weighted by atomic mass is 9.63. The predicted molar refractivity (Wildman–Crippen MR) is 177 cm³/mol. The minimum atomic E-state index is -0.460. The van der Waals surface area contributed by atoms with E-state index in [4.69, 9.17) is 29.7 Å².